The second-order valence-corrected chi connectivity index (χ2v) is 13.8. The highest BCUT2D eigenvalue weighted by Gasteiger charge is 2.27. The lowest BCUT2D eigenvalue weighted by Gasteiger charge is -2.21. The minimum absolute atomic E-state index is 0.0520. The highest BCUT2D eigenvalue weighted by Crippen LogP contribution is 2.32. The number of ether oxygens (including phenoxy) is 2. The van der Waals surface area contributed by atoms with E-state index in [4.69, 9.17) is 38.4 Å². The molecular weight excluding hydrogens is 735 g/mol. The zero-order valence-corrected chi connectivity index (χ0v) is 31.5. The maximum atomic E-state index is 13.5. The van der Waals surface area contributed by atoms with Gasteiger partial charge in [-0.1, -0.05) is 89.9 Å². The van der Waals surface area contributed by atoms with Crippen molar-refractivity contribution in [2.24, 2.45) is 10.7 Å². The van der Waals surface area contributed by atoms with Crippen LogP contribution in [0.3, 0.4) is 0 Å². The van der Waals surface area contributed by atoms with Crippen LogP contribution in [-0.4, -0.2) is 72.4 Å². The minimum atomic E-state index is -1.36. The number of halogens is 2. The standard InChI is InChI=1S/C39H40Cl2N6O7/c1-39(2,3)54-38(52)46-37(42)44-28-17-11-16-26(18-28)35(50)47(4)22-32(48)43-21-31(36(51)53-23-24-12-7-5-8-13-24)45-34(49)33-29(40)19-27(20-30(33)41)25-14-9-6-10-15-25/h5-20,31H,21-23H2,1-4H3,(H,43,48)(H,45,49)(H3,42,44,46,52)/t31-/m0/s1. The largest absolute Gasteiger partial charge is 0.459 e. The van der Waals surface area contributed by atoms with Crippen molar-refractivity contribution >= 4 is 64.6 Å². The number of carbonyl (C=O) groups is 5. The molecule has 0 unspecified atom stereocenters. The van der Waals surface area contributed by atoms with Gasteiger partial charge in [-0.15, -0.1) is 0 Å². The van der Waals surface area contributed by atoms with Gasteiger partial charge in [-0.25, -0.2) is 14.6 Å². The normalized spacial score (nSPS) is 11.9. The quantitative estimate of drug-likeness (QED) is 0.0784. The summed E-state index contributed by atoms with van der Waals surface area (Å²) in [6, 6.07) is 26.1. The Bertz CT molecular complexity index is 2000. The molecule has 0 heterocycles. The molecule has 0 aliphatic rings. The SMILES string of the molecule is CN(CC(=O)NC[C@H](NC(=O)c1c(Cl)cc(-c2ccccc2)cc1Cl)C(=O)OCc1ccccc1)C(=O)c1cccc(N=C(N)NC(=O)OC(C)(C)C)c1. The van der Waals surface area contributed by atoms with Crippen LogP contribution in [0.1, 0.15) is 47.1 Å². The third-order valence-electron chi connectivity index (χ3n) is 7.39. The van der Waals surface area contributed by atoms with Gasteiger partial charge < -0.3 is 30.7 Å². The molecule has 4 amide bonds. The van der Waals surface area contributed by atoms with Crippen LogP contribution in [0.4, 0.5) is 10.5 Å². The number of hydrogen-bond donors (Lipinski definition) is 4. The van der Waals surface area contributed by atoms with Gasteiger partial charge in [0.05, 0.1) is 27.8 Å². The number of amides is 4. The number of rotatable bonds is 12. The molecule has 1 atom stereocenters. The van der Waals surface area contributed by atoms with E-state index in [9.17, 15) is 24.0 Å². The number of nitrogens with one attached hydrogen (secondary N) is 3. The van der Waals surface area contributed by atoms with Crippen molar-refractivity contribution in [2.45, 2.75) is 39.0 Å². The third-order valence-corrected chi connectivity index (χ3v) is 7.99. The van der Waals surface area contributed by atoms with Gasteiger partial charge in [-0.2, -0.15) is 0 Å². The molecule has 0 radical (unpaired) electrons. The first-order valence-corrected chi connectivity index (χ1v) is 17.4. The number of benzene rings is 4. The van der Waals surface area contributed by atoms with Crippen LogP contribution in [0.25, 0.3) is 11.1 Å². The number of nitrogens with two attached hydrogens (primary N) is 1. The van der Waals surface area contributed by atoms with Crippen molar-refractivity contribution in [3.8, 4) is 11.1 Å². The first-order chi connectivity index (χ1) is 25.6. The van der Waals surface area contributed by atoms with Gasteiger partial charge in [0.15, 0.2) is 0 Å². The maximum absolute atomic E-state index is 13.5. The lowest BCUT2D eigenvalue weighted by Crippen LogP contribution is -2.50. The lowest BCUT2D eigenvalue weighted by atomic mass is 10.0. The van der Waals surface area contributed by atoms with Gasteiger partial charge in [0, 0.05) is 19.2 Å². The number of likely N-dealkylation sites (N-methyl/N-ethyl adjacent to an activating group) is 1. The molecule has 0 bridgehead atoms. The average molecular weight is 776 g/mol. The molecule has 54 heavy (non-hydrogen) atoms. The van der Waals surface area contributed by atoms with Crippen LogP contribution in [0, 0.1) is 0 Å². The fourth-order valence-electron chi connectivity index (χ4n) is 4.90. The number of guanidine groups is 1. The minimum Gasteiger partial charge on any atom is -0.459 e. The Kier molecular flexibility index (Phi) is 14.2. The second kappa shape index (κ2) is 18.7. The molecule has 5 N–H and O–H groups in total. The van der Waals surface area contributed by atoms with Crippen LogP contribution >= 0.6 is 23.2 Å². The zero-order chi connectivity index (χ0) is 39.4. The van der Waals surface area contributed by atoms with E-state index < -0.39 is 48.0 Å². The van der Waals surface area contributed by atoms with E-state index in [0.29, 0.717) is 11.1 Å². The number of nitrogens with zero attached hydrogens (tertiary/aromatic N) is 2. The molecule has 0 aromatic heterocycles. The molecule has 282 valence electrons. The van der Waals surface area contributed by atoms with Gasteiger partial charge in [0.25, 0.3) is 11.8 Å². The van der Waals surface area contributed by atoms with Crippen molar-refractivity contribution in [1.82, 2.24) is 20.9 Å². The van der Waals surface area contributed by atoms with E-state index in [2.05, 4.69) is 20.9 Å². The van der Waals surface area contributed by atoms with E-state index in [1.165, 1.54) is 19.2 Å². The summed E-state index contributed by atoms with van der Waals surface area (Å²) in [4.78, 5) is 70.3. The first-order valence-electron chi connectivity index (χ1n) is 16.6. The molecule has 4 rings (SSSR count). The molecule has 0 aliphatic heterocycles. The Morgan fingerprint density at radius 2 is 1.48 bits per heavy atom. The van der Waals surface area contributed by atoms with Gasteiger partial charge in [0.2, 0.25) is 11.9 Å². The molecule has 0 fully saturated rings. The molecule has 15 heteroatoms. The summed E-state index contributed by atoms with van der Waals surface area (Å²) < 4.78 is 10.6. The van der Waals surface area contributed by atoms with Crippen LogP contribution in [-0.2, 0) is 25.7 Å². The molecule has 0 spiro atoms. The molecule has 4 aromatic rings. The zero-order valence-electron chi connectivity index (χ0n) is 30.0. The van der Waals surface area contributed by atoms with Crippen molar-refractivity contribution in [3.05, 3.63) is 124 Å². The number of hydrogen-bond acceptors (Lipinski definition) is 8. The van der Waals surface area contributed by atoms with Crippen LogP contribution in [0.2, 0.25) is 10.0 Å². The molecule has 13 nitrogen and oxygen atoms in total. The van der Waals surface area contributed by atoms with Crippen molar-refractivity contribution in [2.75, 3.05) is 20.1 Å². The molecule has 0 saturated heterocycles. The van der Waals surface area contributed by atoms with Crippen LogP contribution in [0.15, 0.2) is 102 Å². The Balaban J connectivity index is 1.42. The van der Waals surface area contributed by atoms with Crippen LogP contribution in [0.5, 0.6) is 0 Å². The Labute approximate surface area is 322 Å². The molecule has 4 aromatic carbocycles. The summed E-state index contributed by atoms with van der Waals surface area (Å²) in [5.74, 6) is -3.01. The van der Waals surface area contributed by atoms with Crippen molar-refractivity contribution < 1.29 is 33.4 Å². The van der Waals surface area contributed by atoms with Gasteiger partial charge >= 0.3 is 12.1 Å². The first kappa shape index (κ1) is 40.8. The summed E-state index contributed by atoms with van der Waals surface area (Å²) in [5.41, 5.74) is 7.68. The predicted molar refractivity (Wildman–Crippen MR) is 206 cm³/mol. The summed E-state index contributed by atoms with van der Waals surface area (Å²) >= 11 is 13.0. The number of carbonyl (C=O) groups excluding carboxylic acids is 5. The van der Waals surface area contributed by atoms with Gasteiger partial charge in [-0.05, 0) is 67.8 Å². The third kappa shape index (κ3) is 12.3. The van der Waals surface area contributed by atoms with E-state index >= 15 is 0 Å². The highest BCUT2D eigenvalue weighted by atomic mass is 35.5. The van der Waals surface area contributed by atoms with E-state index in [1.54, 1.807) is 69.3 Å². The monoisotopic (exact) mass is 774 g/mol. The summed E-state index contributed by atoms with van der Waals surface area (Å²) in [6.07, 6.45) is -0.793. The van der Waals surface area contributed by atoms with E-state index in [1.807, 2.05) is 36.4 Å². The maximum Gasteiger partial charge on any atom is 0.414 e. The van der Waals surface area contributed by atoms with Crippen molar-refractivity contribution in [1.29, 1.82) is 0 Å². The Morgan fingerprint density at radius 1 is 0.852 bits per heavy atom. The summed E-state index contributed by atoms with van der Waals surface area (Å²) in [7, 11) is 1.41. The smallest absolute Gasteiger partial charge is 0.414 e. The summed E-state index contributed by atoms with van der Waals surface area (Å²) in [5, 5.41) is 7.57. The second-order valence-electron chi connectivity index (χ2n) is 12.9. The Hall–Kier alpha value is -5.92. The van der Waals surface area contributed by atoms with Gasteiger partial charge in [0.1, 0.15) is 18.2 Å². The Morgan fingerprint density at radius 3 is 2.11 bits per heavy atom. The fraction of sp³-hybridized carbons (Fsp3) is 0.231. The average Bonchev–Trinajstić information content (AvgIpc) is 3.11. The van der Waals surface area contributed by atoms with E-state index in [0.717, 1.165) is 10.5 Å². The summed E-state index contributed by atoms with van der Waals surface area (Å²) in [6.45, 7) is 4.21. The molecule has 0 saturated carbocycles. The molecule has 0 aliphatic carbocycles. The number of alkyl carbamates (subject to hydrolysis) is 1. The van der Waals surface area contributed by atoms with Crippen LogP contribution < -0.4 is 21.7 Å². The number of aliphatic imine (C=N–C) groups is 1. The topological polar surface area (TPSA) is 182 Å². The van der Waals surface area contributed by atoms with E-state index in [-0.39, 0.29) is 46.0 Å². The predicted octanol–water partition coefficient (Wildman–Crippen LogP) is 5.86. The van der Waals surface area contributed by atoms with Crippen molar-refractivity contribution in [3.63, 3.8) is 0 Å². The highest BCUT2D eigenvalue weighted by molar-refractivity contribution is 6.40. The lowest BCUT2D eigenvalue weighted by molar-refractivity contribution is -0.147. The van der Waals surface area contributed by atoms with Gasteiger partial charge in [-0.3, -0.25) is 19.7 Å². The fourth-order valence-corrected chi connectivity index (χ4v) is 5.56. The molecular formula is C39H40Cl2N6O7. The number of esters is 1.